The van der Waals surface area contributed by atoms with Crippen molar-refractivity contribution in [3.05, 3.63) is 77.2 Å². The molecule has 0 bridgehead atoms. The van der Waals surface area contributed by atoms with Crippen LogP contribution in [-0.4, -0.2) is 15.1 Å². The molecule has 0 radical (unpaired) electrons. The molecule has 3 rings (SSSR count). The van der Waals surface area contributed by atoms with E-state index >= 15 is 0 Å². The minimum absolute atomic E-state index is 0.282. The molecular weight excluding hydrogens is 286 g/mol. The van der Waals surface area contributed by atoms with Gasteiger partial charge in [-0.2, -0.15) is 0 Å². The lowest BCUT2D eigenvalue weighted by atomic mass is 10.1. The second-order valence-electron chi connectivity index (χ2n) is 5.07. The van der Waals surface area contributed by atoms with Crippen molar-refractivity contribution < 1.29 is 13.9 Å². The van der Waals surface area contributed by atoms with Crippen molar-refractivity contribution in [1.82, 2.24) is 9.97 Å². The van der Waals surface area contributed by atoms with Gasteiger partial charge in [0.05, 0.1) is 11.9 Å². The van der Waals surface area contributed by atoms with E-state index in [0.29, 0.717) is 22.4 Å². The normalized spacial score (nSPS) is 12.4. The molecule has 0 saturated heterocycles. The molecule has 1 unspecified atom stereocenters. The first-order valence-corrected chi connectivity index (χ1v) is 6.80. The summed E-state index contributed by atoms with van der Waals surface area (Å²) in [6.07, 6.45) is 0.438. The van der Waals surface area contributed by atoms with Gasteiger partial charge in [0, 0.05) is 5.56 Å². The number of aryl methyl sites for hydroxylation is 1. The van der Waals surface area contributed by atoms with Gasteiger partial charge in [-0.3, -0.25) is 0 Å². The minimum Gasteiger partial charge on any atom is -0.380 e. The Kier molecular flexibility index (Phi) is 3.73. The van der Waals surface area contributed by atoms with Crippen LogP contribution in [-0.2, 0) is 0 Å². The van der Waals surface area contributed by atoms with Gasteiger partial charge in [0.1, 0.15) is 23.6 Å². The zero-order valence-electron chi connectivity index (χ0n) is 11.8. The molecule has 0 aliphatic rings. The molecule has 0 amide bonds. The maximum Gasteiger partial charge on any atom is 0.140 e. The standard InChI is InChI=1S/C17H14F2N2O/c1-10-8-11(6-7-13(10)18)16(22)17-20-9-15(21-17)12-4-2-3-5-14(12)19/h2-9,16,22H,1H3,(H,20,21). The highest BCUT2D eigenvalue weighted by molar-refractivity contribution is 5.59. The zero-order chi connectivity index (χ0) is 15.7. The highest BCUT2D eigenvalue weighted by Gasteiger charge is 2.16. The van der Waals surface area contributed by atoms with E-state index < -0.39 is 6.10 Å². The topological polar surface area (TPSA) is 48.9 Å². The smallest absolute Gasteiger partial charge is 0.140 e. The van der Waals surface area contributed by atoms with Crippen LogP contribution in [0.25, 0.3) is 11.3 Å². The van der Waals surface area contributed by atoms with Gasteiger partial charge in [-0.1, -0.05) is 24.3 Å². The third-order valence-corrected chi connectivity index (χ3v) is 3.52. The van der Waals surface area contributed by atoms with Gasteiger partial charge in [0.15, 0.2) is 0 Å². The lowest BCUT2D eigenvalue weighted by Crippen LogP contribution is -2.03. The number of nitrogens with one attached hydrogen (secondary N) is 1. The minimum atomic E-state index is -1.03. The summed E-state index contributed by atoms with van der Waals surface area (Å²) in [5.74, 6) is -0.420. The fourth-order valence-electron chi connectivity index (χ4n) is 2.29. The number of hydrogen-bond donors (Lipinski definition) is 2. The highest BCUT2D eigenvalue weighted by atomic mass is 19.1. The quantitative estimate of drug-likeness (QED) is 0.774. The van der Waals surface area contributed by atoms with Gasteiger partial charge >= 0.3 is 0 Å². The van der Waals surface area contributed by atoms with Gasteiger partial charge < -0.3 is 10.1 Å². The molecule has 0 spiro atoms. The predicted octanol–water partition coefficient (Wildman–Crippen LogP) is 3.75. The number of aliphatic hydroxyl groups is 1. The van der Waals surface area contributed by atoms with E-state index in [9.17, 15) is 13.9 Å². The molecule has 0 aliphatic carbocycles. The third kappa shape index (κ3) is 2.63. The monoisotopic (exact) mass is 300 g/mol. The van der Waals surface area contributed by atoms with Gasteiger partial charge in [-0.25, -0.2) is 13.8 Å². The van der Waals surface area contributed by atoms with E-state index in [4.69, 9.17) is 0 Å². The molecule has 0 saturated carbocycles. The molecular formula is C17H14F2N2O. The van der Waals surface area contributed by atoms with Crippen molar-refractivity contribution >= 4 is 0 Å². The lowest BCUT2D eigenvalue weighted by Gasteiger charge is -2.09. The van der Waals surface area contributed by atoms with Crippen molar-refractivity contribution in [2.45, 2.75) is 13.0 Å². The van der Waals surface area contributed by atoms with Crippen LogP contribution in [0.4, 0.5) is 8.78 Å². The summed E-state index contributed by atoms with van der Waals surface area (Å²) in [5, 5.41) is 10.3. The van der Waals surface area contributed by atoms with E-state index in [1.807, 2.05) is 0 Å². The van der Waals surface area contributed by atoms with Gasteiger partial charge in [-0.05, 0) is 36.2 Å². The Morgan fingerprint density at radius 3 is 2.59 bits per heavy atom. The van der Waals surface area contributed by atoms with E-state index in [1.165, 1.54) is 24.4 Å². The Morgan fingerprint density at radius 2 is 1.86 bits per heavy atom. The number of H-pyrrole nitrogens is 1. The number of imidazole rings is 1. The van der Waals surface area contributed by atoms with E-state index in [2.05, 4.69) is 9.97 Å². The SMILES string of the molecule is Cc1cc(C(O)c2ncc(-c3ccccc3F)[nH]2)ccc1F. The first-order chi connectivity index (χ1) is 10.6. The lowest BCUT2D eigenvalue weighted by molar-refractivity contribution is 0.211. The molecule has 1 aromatic heterocycles. The van der Waals surface area contributed by atoms with Crippen LogP contribution in [0.2, 0.25) is 0 Å². The first-order valence-electron chi connectivity index (χ1n) is 6.80. The average molecular weight is 300 g/mol. The summed E-state index contributed by atoms with van der Waals surface area (Å²) in [6.45, 7) is 1.62. The zero-order valence-corrected chi connectivity index (χ0v) is 11.8. The van der Waals surface area contributed by atoms with Crippen LogP contribution in [0.15, 0.2) is 48.7 Å². The first kappa shape index (κ1) is 14.4. The summed E-state index contributed by atoms with van der Waals surface area (Å²) >= 11 is 0. The number of hydrogen-bond acceptors (Lipinski definition) is 2. The maximum atomic E-state index is 13.8. The summed E-state index contributed by atoms with van der Waals surface area (Å²) in [5.41, 5.74) is 1.82. The van der Waals surface area contributed by atoms with E-state index in [1.54, 1.807) is 31.2 Å². The third-order valence-electron chi connectivity index (χ3n) is 3.52. The summed E-state index contributed by atoms with van der Waals surface area (Å²) in [7, 11) is 0. The Balaban J connectivity index is 1.93. The molecule has 112 valence electrons. The van der Waals surface area contributed by atoms with Crippen LogP contribution in [0, 0.1) is 18.6 Å². The molecule has 5 heteroatoms. The van der Waals surface area contributed by atoms with Gasteiger partial charge in [-0.15, -0.1) is 0 Å². The number of aromatic nitrogens is 2. The Bertz CT molecular complexity index is 814. The molecule has 2 N–H and O–H groups in total. The van der Waals surface area contributed by atoms with Crippen LogP contribution in [0.1, 0.15) is 23.1 Å². The van der Waals surface area contributed by atoms with Crippen molar-refractivity contribution in [3.63, 3.8) is 0 Å². The molecule has 3 aromatic rings. The van der Waals surface area contributed by atoms with Crippen molar-refractivity contribution in [2.24, 2.45) is 0 Å². The van der Waals surface area contributed by atoms with Crippen molar-refractivity contribution in [1.29, 1.82) is 0 Å². The number of benzene rings is 2. The highest BCUT2D eigenvalue weighted by Crippen LogP contribution is 2.25. The number of halogens is 2. The molecule has 1 heterocycles. The van der Waals surface area contributed by atoms with Gasteiger partial charge in [0.2, 0.25) is 0 Å². The van der Waals surface area contributed by atoms with E-state index in [0.717, 1.165) is 0 Å². The van der Waals surface area contributed by atoms with Crippen LogP contribution < -0.4 is 0 Å². The Hall–Kier alpha value is -2.53. The Labute approximate surface area is 126 Å². The average Bonchev–Trinajstić information content (AvgIpc) is 2.99. The van der Waals surface area contributed by atoms with Crippen molar-refractivity contribution in [2.75, 3.05) is 0 Å². The van der Waals surface area contributed by atoms with Crippen LogP contribution in [0.3, 0.4) is 0 Å². The molecule has 3 nitrogen and oxygen atoms in total. The summed E-state index contributed by atoms with van der Waals surface area (Å²) < 4.78 is 27.0. The van der Waals surface area contributed by atoms with E-state index in [-0.39, 0.29) is 17.5 Å². The Morgan fingerprint density at radius 1 is 1.09 bits per heavy atom. The summed E-state index contributed by atoms with van der Waals surface area (Å²) in [6, 6.07) is 10.7. The second kappa shape index (κ2) is 5.69. The molecule has 0 aliphatic heterocycles. The van der Waals surface area contributed by atoms with Crippen LogP contribution >= 0.6 is 0 Å². The predicted molar refractivity (Wildman–Crippen MR) is 79.2 cm³/mol. The largest absolute Gasteiger partial charge is 0.380 e. The van der Waals surface area contributed by atoms with Crippen molar-refractivity contribution in [3.8, 4) is 11.3 Å². The molecule has 2 aromatic carbocycles. The number of aromatic amines is 1. The van der Waals surface area contributed by atoms with Crippen LogP contribution in [0.5, 0.6) is 0 Å². The number of nitrogens with zero attached hydrogens (tertiary/aromatic N) is 1. The number of rotatable bonds is 3. The number of aliphatic hydroxyl groups excluding tert-OH is 1. The summed E-state index contributed by atoms with van der Waals surface area (Å²) in [4.78, 5) is 7.00. The second-order valence-corrected chi connectivity index (χ2v) is 5.07. The van der Waals surface area contributed by atoms with Gasteiger partial charge in [0.25, 0.3) is 0 Å². The molecule has 22 heavy (non-hydrogen) atoms. The molecule has 0 fully saturated rings. The maximum absolute atomic E-state index is 13.8. The molecule has 1 atom stereocenters. The fraction of sp³-hybridized carbons (Fsp3) is 0.118. The fourth-order valence-corrected chi connectivity index (χ4v) is 2.29.